The molecule has 0 aliphatic heterocycles. The van der Waals surface area contributed by atoms with Gasteiger partial charge in [-0.05, 0) is 42.5 Å². The maximum absolute atomic E-state index is 11.1. The molecule has 19 heavy (non-hydrogen) atoms. The number of hydrogen-bond donors (Lipinski definition) is 1. The van der Waals surface area contributed by atoms with Gasteiger partial charge in [0.15, 0.2) is 5.82 Å². The van der Waals surface area contributed by atoms with Crippen LogP contribution >= 0.6 is 0 Å². The van der Waals surface area contributed by atoms with E-state index < -0.39 is 11.9 Å². The third-order valence-corrected chi connectivity index (χ3v) is 4.59. The fourth-order valence-corrected chi connectivity index (χ4v) is 2.94. The Kier molecular flexibility index (Phi) is 3.60. The van der Waals surface area contributed by atoms with Crippen LogP contribution in [0.2, 0.25) is 0 Å². The molecule has 6 heteroatoms. The molecule has 1 aromatic heterocycles. The summed E-state index contributed by atoms with van der Waals surface area (Å²) in [6, 6.07) is -0.237. The largest absolute Gasteiger partial charge is 0.481 e. The second kappa shape index (κ2) is 4.90. The molecule has 3 atom stereocenters. The lowest BCUT2D eigenvalue weighted by Crippen LogP contribution is -2.27. The van der Waals surface area contributed by atoms with Crippen molar-refractivity contribution in [2.75, 3.05) is 0 Å². The van der Waals surface area contributed by atoms with Crippen LogP contribution in [0.15, 0.2) is 0 Å². The van der Waals surface area contributed by atoms with Crippen LogP contribution in [-0.4, -0.2) is 31.3 Å². The highest BCUT2D eigenvalue weighted by molar-refractivity contribution is 5.70. The minimum Gasteiger partial charge on any atom is -0.481 e. The first-order valence-electron chi connectivity index (χ1n) is 6.85. The molecule has 1 N–H and O–H groups in total. The molecule has 1 fully saturated rings. The summed E-state index contributed by atoms with van der Waals surface area (Å²) >= 11 is 0. The molecule has 0 amide bonds. The first-order valence-corrected chi connectivity index (χ1v) is 6.85. The van der Waals surface area contributed by atoms with E-state index in [2.05, 4.69) is 29.4 Å². The fourth-order valence-electron chi connectivity index (χ4n) is 2.94. The molecule has 1 saturated carbocycles. The molecule has 2 rings (SSSR count). The first-order chi connectivity index (χ1) is 8.84. The van der Waals surface area contributed by atoms with Crippen LogP contribution in [0.1, 0.15) is 64.7 Å². The Morgan fingerprint density at radius 1 is 1.47 bits per heavy atom. The molecule has 1 heterocycles. The van der Waals surface area contributed by atoms with Crippen LogP contribution in [-0.2, 0) is 4.79 Å². The lowest BCUT2D eigenvalue weighted by atomic mass is 9.81. The number of hydrogen-bond acceptors (Lipinski definition) is 4. The van der Waals surface area contributed by atoms with Gasteiger partial charge in [-0.1, -0.05) is 20.3 Å². The Balaban J connectivity index is 2.30. The number of carboxylic acids is 1. The van der Waals surface area contributed by atoms with Crippen LogP contribution in [0.3, 0.4) is 0 Å². The zero-order valence-corrected chi connectivity index (χ0v) is 12.0. The van der Waals surface area contributed by atoms with Crippen molar-refractivity contribution < 1.29 is 9.90 Å². The van der Waals surface area contributed by atoms with Gasteiger partial charge in [0.25, 0.3) is 0 Å². The van der Waals surface area contributed by atoms with E-state index in [9.17, 15) is 4.79 Å². The van der Waals surface area contributed by atoms with E-state index in [1.807, 2.05) is 6.92 Å². The van der Waals surface area contributed by atoms with Crippen molar-refractivity contribution in [3.8, 4) is 0 Å². The molecule has 0 bridgehead atoms. The SMILES string of the molecule is CC(C(=O)O)C(C)n1nnnc1C1CCCC1(C)C. The van der Waals surface area contributed by atoms with E-state index in [4.69, 9.17) is 5.11 Å². The van der Waals surface area contributed by atoms with Gasteiger partial charge in [0.1, 0.15) is 0 Å². The summed E-state index contributed by atoms with van der Waals surface area (Å²) in [6.45, 7) is 8.02. The zero-order valence-electron chi connectivity index (χ0n) is 12.0. The van der Waals surface area contributed by atoms with Crippen molar-refractivity contribution >= 4 is 5.97 Å². The summed E-state index contributed by atoms with van der Waals surface area (Å²) in [4.78, 5) is 11.1. The Bertz CT molecular complexity index is 469. The molecule has 0 aromatic carbocycles. The highest BCUT2D eigenvalue weighted by atomic mass is 16.4. The molecule has 6 nitrogen and oxygen atoms in total. The molecule has 0 saturated heterocycles. The number of aliphatic carboxylic acids is 1. The summed E-state index contributed by atoms with van der Waals surface area (Å²) in [5, 5.41) is 21.1. The summed E-state index contributed by atoms with van der Waals surface area (Å²) in [7, 11) is 0. The van der Waals surface area contributed by atoms with Crippen molar-refractivity contribution in [2.24, 2.45) is 11.3 Å². The molecule has 1 aliphatic rings. The second-order valence-electron chi connectivity index (χ2n) is 6.28. The number of tetrazole rings is 1. The summed E-state index contributed by atoms with van der Waals surface area (Å²) < 4.78 is 1.70. The topological polar surface area (TPSA) is 80.9 Å². The van der Waals surface area contributed by atoms with Crippen LogP contribution < -0.4 is 0 Å². The zero-order chi connectivity index (χ0) is 14.2. The lowest BCUT2D eigenvalue weighted by Gasteiger charge is -2.27. The predicted molar refractivity (Wildman–Crippen MR) is 69.7 cm³/mol. The van der Waals surface area contributed by atoms with Gasteiger partial charge >= 0.3 is 5.97 Å². The van der Waals surface area contributed by atoms with Gasteiger partial charge in [0, 0.05) is 5.92 Å². The van der Waals surface area contributed by atoms with Gasteiger partial charge in [0.2, 0.25) is 0 Å². The van der Waals surface area contributed by atoms with E-state index in [-0.39, 0.29) is 11.5 Å². The van der Waals surface area contributed by atoms with Crippen LogP contribution in [0.25, 0.3) is 0 Å². The van der Waals surface area contributed by atoms with Gasteiger partial charge in [0.05, 0.1) is 12.0 Å². The molecular weight excluding hydrogens is 244 g/mol. The Labute approximate surface area is 113 Å². The molecule has 1 aliphatic carbocycles. The number of aromatic nitrogens is 4. The highest BCUT2D eigenvalue weighted by Crippen LogP contribution is 2.48. The van der Waals surface area contributed by atoms with Crippen LogP contribution in [0.4, 0.5) is 0 Å². The summed E-state index contributed by atoms with van der Waals surface area (Å²) in [5.41, 5.74) is 0.179. The fraction of sp³-hybridized carbons (Fsp3) is 0.846. The van der Waals surface area contributed by atoms with Gasteiger partial charge in [-0.15, -0.1) is 5.10 Å². The number of carboxylic acid groups (broad SMARTS) is 1. The van der Waals surface area contributed by atoms with Crippen LogP contribution in [0.5, 0.6) is 0 Å². The smallest absolute Gasteiger partial charge is 0.308 e. The minimum atomic E-state index is -0.820. The van der Waals surface area contributed by atoms with Gasteiger partial charge in [-0.25, -0.2) is 4.68 Å². The van der Waals surface area contributed by atoms with Gasteiger partial charge in [-0.3, -0.25) is 4.79 Å². The molecule has 3 unspecified atom stereocenters. The third-order valence-electron chi connectivity index (χ3n) is 4.59. The molecular formula is C13H22N4O2. The maximum Gasteiger partial charge on any atom is 0.308 e. The Morgan fingerprint density at radius 3 is 2.68 bits per heavy atom. The van der Waals surface area contributed by atoms with E-state index in [0.717, 1.165) is 18.7 Å². The standard InChI is InChI=1S/C13H22N4O2/c1-8(12(18)19)9(2)17-11(14-15-16-17)10-6-5-7-13(10,3)4/h8-10H,5-7H2,1-4H3,(H,18,19). The Hall–Kier alpha value is -1.46. The van der Waals surface area contributed by atoms with Gasteiger partial charge in [-0.2, -0.15) is 0 Å². The van der Waals surface area contributed by atoms with E-state index in [1.165, 1.54) is 6.42 Å². The Morgan fingerprint density at radius 2 is 2.16 bits per heavy atom. The van der Waals surface area contributed by atoms with Crippen LogP contribution in [0, 0.1) is 11.3 Å². The van der Waals surface area contributed by atoms with E-state index in [1.54, 1.807) is 11.6 Å². The number of rotatable bonds is 4. The van der Waals surface area contributed by atoms with Crippen molar-refractivity contribution in [3.05, 3.63) is 5.82 Å². The average molecular weight is 266 g/mol. The summed E-state index contributed by atoms with van der Waals surface area (Å²) in [6.07, 6.45) is 3.41. The summed E-state index contributed by atoms with van der Waals surface area (Å²) in [5.74, 6) is -0.180. The first kappa shape index (κ1) is 14.0. The lowest BCUT2D eigenvalue weighted by molar-refractivity contribution is -0.142. The maximum atomic E-state index is 11.1. The highest BCUT2D eigenvalue weighted by Gasteiger charge is 2.40. The normalized spacial score (nSPS) is 25.2. The van der Waals surface area contributed by atoms with E-state index in [0.29, 0.717) is 5.92 Å². The minimum absolute atomic E-state index is 0.179. The second-order valence-corrected chi connectivity index (χ2v) is 6.28. The molecule has 0 spiro atoms. The molecule has 106 valence electrons. The third kappa shape index (κ3) is 2.48. The van der Waals surface area contributed by atoms with Crippen molar-refractivity contribution in [1.82, 2.24) is 20.2 Å². The predicted octanol–water partition coefficient (Wildman–Crippen LogP) is 2.25. The average Bonchev–Trinajstić information content (AvgIpc) is 2.92. The van der Waals surface area contributed by atoms with Crippen molar-refractivity contribution in [3.63, 3.8) is 0 Å². The molecule has 0 radical (unpaired) electrons. The quantitative estimate of drug-likeness (QED) is 0.904. The van der Waals surface area contributed by atoms with E-state index >= 15 is 0 Å². The van der Waals surface area contributed by atoms with Crippen molar-refractivity contribution in [1.29, 1.82) is 0 Å². The van der Waals surface area contributed by atoms with Crippen molar-refractivity contribution in [2.45, 2.75) is 58.9 Å². The number of nitrogens with zero attached hydrogens (tertiary/aromatic N) is 4. The molecule has 1 aromatic rings. The number of carbonyl (C=O) groups is 1. The monoisotopic (exact) mass is 266 g/mol. The van der Waals surface area contributed by atoms with Gasteiger partial charge < -0.3 is 5.11 Å².